The van der Waals surface area contributed by atoms with Gasteiger partial charge in [0.05, 0.1) is 28.4 Å². The Morgan fingerprint density at radius 1 is 1.09 bits per heavy atom. The standard InChI is InChI=1S/C33H30ClF2N5O4/c34-26-13-29(27(36)14-31(26)44-18-20-3-1-5-22(35)11-20)40-33-25-12-21(4-2-6-32(37)42)30(15-28(25)38-19-39-33)43-10-9-41-16-23-7-8-24(17-41)45-23/h1,3,5,11-15,19,23-24H,4,7-10,16-18H2,(H2,37,42)(H,38,39,40). The Morgan fingerprint density at radius 3 is 2.69 bits per heavy atom. The van der Waals surface area contributed by atoms with Gasteiger partial charge >= 0.3 is 0 Å². The largest absolute Gasteiger partial charge is 0.492 e. The van der Waals surface area contributed by atoms with Crippen LogP contribution in [0.25, 0.3) is 10.9 Å². The van der Waals surface area contributed by atoms with E-state index in [1.807, 2.05) is 0 Å². The predicted octanol–water partition coefficient (Wildman–Crippen LogP) is 5.16. The van der Waals surface area contributed by atoms with Crippen molar-refractivity contribution in [3.8, 4) is 23.3 Å². The normalized spacial score (nSPS) is 17.5. The molecule has 2 bridgehead atoms. The predicted molar refractivity (Wildman–Crippen MR) is 165 cm³/mol. The van der Waals surface area contributed by atoms with Crippen LogP contribution in [0.2, 0.25) is 5.02 Å². The number of fused-ring (bicyclic) bond motifs is 3. The van der Waals surface area contributed by atoms with Crippen LogP contribution in [0.3, 0.4) is 0 Å². The molecule has 2 aliphatic rings. The van der Waals surface area contributed by atoms with E-state index in [0.717, 1.165) is 38.5 Å². The molecule has 4 aromatic rings. The Morgan fingerprint density at radius 2 is 1.91 bits per heavy atom. The highest BCUT2D eigenvalue weighted by Gasteiger charge is 2.33. The summed E-state index contributed by atoms with van der Waals surface area (Å²) < 4.78 is 46.5. The lowest BCUT2D eigenvalue weighted by atomic mass is 10.1. The molecule has 12 heteroatoms. The van der Waals surface area contributed by atoms with Crippen LogP contribution in [-0.4, -0.2) is 59.2 Å². The molecule has 3 heterocycles. The zero-order valence-electron chi connectivity index (χ0n) is 24.2. The molecule has 2 atom stereocenters. The van der Waals surface area contributed by atoms with Crippen molar-refractivity contribution in [2.24, 2.45) is 5.73 Å². The smallest absolute Gasteiger partial charge is 0.293 e. The van der Waals surface area contributed by atoms with Crippen LogP contribution in [0.15, 0.2) is 54.9 Å². The molecule has 2 saturated heterocycles. The van der Waals surface area contributed by atoms with Crippen molar-refractivity contribution in [2.45, 2.75) is 38.1 Å². The average Bonchev–Trinajstić information content (AvgIpc) is 3.35. The molecule has 1 amide bonds. The number of likely N-dealkylation sites (tertiary alicyclic amines) is 1. The first-order valence-corrected chi connectivity index (χ1v) is 14.9. The van der Waals surface area contributed by atoms with Gasteiger partial charge in [0, 0.05) is 49.1 Å². The fraction of sp³-hybridized carbons (Fsp3) is 0.303. The van der Waals surface area contributed by atoms with Crippen LogP contribution in [0, 0.1) is 23.5 Å². The molecule has 2 fully saturated rings. The molecular weight excluding hydrogens is 604 g/mol. The van der Waals surface area contributed by atoms with Crippen molar-refractivity contribution in [3.63, 3.8) is 0 Å². The Bertz CT molecular complexity index is 1780. The van der Waals surface area contributed by atoms with Crippen LogP contribution in [0.1, 0.15) is 24.0 Å². The Hall–Kier alpha value is -4.50. The summed E-state index contributed by atoms with van der Waals surface area (Å²) in [6.07, 6.45) is 4.31. The van der Waals surface area contributed by atoms with E-state index >= 15 is 4.39 Å². The highest BCUT2D eigenvalue weighted by Crippen LogP contribution is 2.35. The Labute approximate surface area is 263 Å². The van der Waals surface area contributed by atoms with E-state index in [2.05, 4.69) is 32.0 Å². The number of nitrogens with zero attached hydrogens (tertiary/aromatic N) is 3. The number of morpholine rings is 1. The Balaban J connectivity index is 1.21. The first kappa shape index (κ1) is 30.5. The third-order valence-electron chi connectivity index (χ3n) is 7.65. The van der Waals surface area contributed by atoms with Gasteiger partial charge in [0.1, 0.15) is 48.5 Å². The molecule has 0 aliphatic carbocycles. The molecule has 3 N–H and O–H groups in total. The lowest BCUT2D eigenvalue weighted by Crippen LogP contribution is -2.44. The van der Waals surface area contributed by atoms with E-state index < -0.39 is 17.5 Å². The van der Waals surface area contributed by atoms with E-state index in [4.69, 9.17) is 31.5 Å². The number of hydrogen-bond acceptors (Lipinski definition) is 8. The molecule has 3 aromatic carbocycles. The van der Waals surface area contributed by atoms with Gasteiger partial charge in [-0.05, 0) is 48.6 Å². The van der Waals surface area contributed by atoms with Gasteiger partial charge < -0.3 is 25.3 Å². The number of nitrogens with one attached hydrogen (secondary N) is 1. The van der Waals surface area contributed by atoms with E-state index in [1.165, 1.54) is 24.5 Å². The van der Waals surface area contributed by atoms with Crippen molar-refractivity contribution in [3.05, 3.63) is 82.6 Å². The monoisotopic (exact) mass is 633 g/mol. The van der Waals surface area contributed by atoms with Crippen molar-refractivity contribution in [1.29, 1.82) is 0 Å². The summed E-state index contributed by atoms with van der Waals surface area (Å²) in [6.45, 7) is 2.96. The third-order valence-corrected chi connectivity index (χ3v) is 7.95. The molecule has 0 spiro atoms. The second kappa shape index (κ2) is 13.6. The maximum atomic E-state index is 15.2. The molecular formula is C33H30ClF2N5O4. The average molecular weight is 634 g/mol. The molecule has 0 radical (unpaired) electrons. The number of primary amides is 1. The SMILES string of the molecule is NC(=O)C#CCc1cc2c(Nc3cc(Cl)c(OCc4cccc(F)c4)cc3F)ncnc2cc1OCCN1CC2CCC(C1)O2. The van der Waals surface area contributed by atoms with E-state index in [9.17, 15) is 9.18 Å². The summed E-state index contributed by atoms with van der Waals surface area (Å²) in [5, 5.41) is 3.73. The number of benzene rings is 3. The maximum Gasteiger partial charge on any atom is 0.293 e. The first-order valence-electron chi connectivity index (χ1n) is 14.5. The van der Waals surface area contributed by atoms with Crippen LogP contribution < -0.4 is 20.5 Å². The number of carbonyl (C=O) groups is 1. The minimum absolute atomic E-state index is 0.0134. The van der Waals surface area contributed by atoms with Gasteiger partial charge in [-0.2, -0.15) is 0 Å². The fourth-order valence-electron chi connectivity index (χ4n) is 5.54. The number of nitrogens with two attached hydrogens (primary N) is 1. The van der Waals surface area contributed by atoms with Crippen molar-refractivity contribution < 1.29 is 27.8 Å². The van der Waals surface area contributed by atoms with Gasteiger partial charge in [0.25, 0.3) is 5.91 Å². The summed E-state index contributed by atoms with van der Waals surface area (Å²) in [5.74, 6) is 4.37. The van der Waals surface area contributed by atoms with Gasteiger partial charge in [0.15, 0.2) is 0 Å². The number of rotatable bonds is 10. The number of ether oxygens (including phenoxy) is 3. The molecule has 232 valence electrons. The summed E-state index contributed by atoms with van der Waals surface area (Å²) >= 11 is 6.42. The second-order valence-electron chi connectivity index (χ2n) is 10.9. The van der Waals surface area contributed by atoms with Gasteiger partial charge in [-0.15, -0.1) is 0 Å². The molecule has 45 heavy (non-hydrogen) atoms. The summed E-state index contributed by atoms with van der Waals surface area (Å²) in [6, 6.07) is 12.0. The van der Waals surface area contributed by atoms with E-state index in [-0.39, 0.29) is 41.7 Å². The van der Waals surface area contributed by atoms with E-state index in [0.29, 0.717) is 40.2 Å². The second-order valence-corrected chi connectivity index (χ2v) is 11.3. The summed E-state index contributed by atoms with van der Waals surface area (Å²) in [7, 11) is 0. The molecule has 9 nitrogen and oxygen atoms in total. The minimum atomic E-state index is -0.735. The number of hydrogen-bond donors (Lipinski definition) is 2. The molecule has 0 saturated carbocycles. The van der Waals surface area contributed by atoms with Crippen molar-refractivity contribution in [1.82, 2.24) is 14.9 Å². The Kier molecular flexibility index (Phi) is 9.26. The number of anilines is 2. The van der Waals surface area contributed by atoms with Gasteiger partial charge in [-0.1, -0.05) is 29.7 Å². The third kappa shape index (κ3) is 7.60. The molecule has 2 unspecified atom stereocenters. The molecule has 2 aliphatic heterocycles. The zero-order valence-corrected chi connectivity index (χ0v) is 24.9. The highest BCUT2D eigenvalue weighted by molar-refractivity contribution is 6.32. The zero-order chi connectivity index (χ0) is 31.3. The summed E-state index contributed by atoms with van der Waals surface area (Å²) in [4.78, 5) is 22.3. The van der Waals surface area contributed by atoms with E-state index in [1.54, 1.807) is 24.3 Å². The minimum Gasteiger partial charge on any atom is -0.492 e. The molecule has 6 rings (SSSR count). The van der Waals surface area contributed by atoms with Crippen LogP contribution in [0.5, 0.6) is 11.5 Å². The van der Waals surface area contributed by atoms with Crippen molar-refractivity contribution >= 4 is 39.9 Å². The first-order chi connectivity index (χ1) is 21.8. The maximum absolute atomic E-state index is 15.2. The van der Waals surface area contributed by atoms with Crippen LogP contribution in [-0.2, 0) is 22.6 Å². The number of carbonyl (C=O) groups excluding carboxylic acids is 1. The fourth-order valence-corrected chi connectivity index (χ4v) is 5.76. The van der Waals surface area contributed by atoms with Crippen LogP contribution >= 0.6 is 11.6 Å². The summed E-state index contributed by atoms with van der Waals surface area (Å²) in [5.41, 5.74) is 7.10. The van der Waals surface area contributed by atoms with Gasteiger partial charge in [0.2, 0.25) is 0 Å². The lowest BCUT2D eigenvalue weighted by molar-refractivity contribution is -0.112. The highest BCUT2D eigenvalue weighted by atomic mass is 35.5. The van der Waals surface area contributed by atoms with Crippen molar-refractivity contribution in [2.75, 3.05) is 31.6 Å². The number of aromatic nitrogens is 2. The van der Waals surface area contributed by atoms with Gasteiger partial charge in [-0.25, -0.2) is 18.7 Å². The van der Waals surface area contributed by atoms with Gasteiger partial charge in [-0.3, -0.25) is 9.69 Å². The lowest BCUT2D eigenvalue weighted by Gasteiger charge is -2.31. The molecule has 1 aromatic heterocycles. The number of halogens is 3. The quantitative estimate of drug-likeness (QED) is 0.231. The van der Waals surface area contributed by atoms with Crippen LogP contribution in [0.4, 0.5) is 20.3 Å². The topological polar surface area (TPSA) is 112 Å². The number of amides is 1.